The van der Waals surface area contributed by atoms with Crippen molar-refractivity contribution >= 4 is 24.0 Å². The number of hydrogen-bond acceptors (Lipinski definition) is 3. The number of hydrogen-bond donors (Lipinski definition) is 1. The summed E-state index contributed by atoms with van der Waals surface area (Å²) in [6.45, 7) is 1.90. The predicted octanol–water partition coefficient (Wildman–Crippen LogP) is -0.150. The lowest BCUT2D eigenvalue weighted by atomic mass is 10.2. The van der Waals surface area contributed by atoms with Gasteiger partial charge in [-0.25, -0.2) is 4.83 Å². The second-order valence-electron chi connectivity index (χ2n) is 2.80. The Morgan fingerprint density at radius 2 is 1.93 bits per heavy atom. The van der Waals surface area contributed by atoms with E-state index in [0.29, 0.717) is 0 Å². The molecule has 1 N–H and O–H groups in total. The largest absolute Gasteiger partial charge is 0.276 e. The first-order valence-electron chi connectivity index (χ1n) is 4.12. The van der Waals surface area contributed by atoms with Crippen molar-refractivity contribution in [2.45, 2.75) is 11.8 Å². The number of sulfonamides is 1. The van der Waals surface area contributed by atoms with Crippen molar-refractivity contribution in [2.24, 2.45) is 5.10 Å². The van der Waals surface area contributed by atoms with Gasteiger partial charge in [-0.2, -0.15) is 13.5 Å². The van der Waals surface area contributed by atoms with Crippen LogP contribution >= 0.6 is 0 Å². The maximum atomic E-state index is 11.5. The molecule has 1 aromatic rings. The molecule has 4 nitrogen and oxygen atoms in total. The van der Waals surface area contributed by atoms with Crippen molar-refractivity contribution in [3.05, 3.63) is 29.8 Å². The van der Waals surface area contributed by atoms with Gasteiger partial charge in [-0.15, -0.1) is 0 Å². The zero-order valence-corrected chi connectivity index (χ0v) is 8.88. The minimum atomic E-state index is -3.49. The number of nitrogens with zero attached hydrogens (tertiary/aromatic N) is 1. The van der Waals surface area contributed by atoms with E-state index in [0.717, 1.165) is 5.56 Å². The molecule has 1 rings (SSSR count). The van der Waals surface area contributed by atoms with E-state index in [1.807, 2.05) is 6.92 Å². The van der Waals surface area contributed by atoms with E-state index in [1.54, 1.807) is 32.1 Å². The fourth-order valence-electron chi connectivity index (χ4n) is 0.892. The van der Waals surface area contributed by atoms with E-state index < -0.39 is 10.0 Å². The van der Waals surface area contributed by atoms with E-state index in [4.69, 9.17) is 0 Å². The van der Waals surface area contributed by atoms with E-state index in [-0.39, 0.29) is 4.90 Å². The van der Waals surface area contributed by atoms with Gasteiger partial charge in [0.15, 0.2) is 7.85 Å². The van der Waals surface area contributed by atoms with Crippen LogP contribution in [0.4, 0.5) is 0 Å². The first-order valence-corrected chi connectivity index (χ1v) is 5.61. The molecule has 1 aromatic carbocycles. The topological polar surface area (TPSA) is 58.5 Å². The first-order chi connectivity index (χ1) is 6.56. The zero-order valence-electron chi connectivity index (χ0n) is 8.06. The molecule has 0 bridgehead atoms. The van der Waals surface area contributed by atoms with E-state index in [1.165, 1.54) is 6.11 Å². The van der Waals surface area contributed by atoms with Crippen molar-refractivity contribution in [1.82, 2.24) is 4.83 Å². The summed E-state index contributed by atoms with van der Waals surface area (Å²) < 4.78 is 23.0. The minimum Gasteiger partial charge on any atom is -0.201 e. The molecule has 0 heterocycles. The van der Waals surface area contributed by atoms with Crippen LogP contribution in [-0.4, -0.2) is 22.4 Å². The summed E-state index contributed by atoms with van der Waals surface area (Å²) in [5, 5.41) is 3.48. The summed E-state index contributed by atoms with van der Waals surface area (Å²) in [6.07, 6.45) is 1.38. The minimum absolute atomic E-state index is 0.216. The third-order valence-corrected chi connectivity index (χ3v) is 2.87. The molecule has 0 unspecified atom stereocenters. The van der Waals surface area contributed by atoms with E-state index in [2.05, 4.69) is 9.93 Å². The summed E-state index contributed by atoms with van der Waals surface area (Å²) in [5.41, 5.74) is 1.02. The molecule has 0 radical (unpaired) electrons. The molecular formula is C8H11BN2O2S. The van der Waals surface area contributed by atoms with Crippen LogP contribution in [0, 0.1) is 6.92 Å². The van der Waals surface area contributed by atoms with Gasteiger partial charge >= 0.3 is 0 Å². The van der Waals surface area contributed by atoms with Crippen LogP contribution < -0.4 is 4.83 Å². The second kappa shape index (κ2) is 4.28. The number of aryl methyl sites for hydroxylation is 1. The Kier molecular flexibility index (Phi) is 3.30. The summed E-state index contributed by atoms with van der Waals surface area (Å²) >= 11 is 0. The van der Waals surface area contributed by atoms with Crippen LogP contribution in [0.5, 0.6) is 0 Å². The van der Waals surface area contributed by atoms with Crippen molar-refractivity contribution in [3.8, 4) is 0 Å². The highest BCUT2D eigenvalue weighted by atomic mass is 32.2. The van der Waals surface area contributed by atoms with Crippen molar-refractivity contribution in [1.29, 1.82) is 0 Å². The normalized spacial score (nSPS) is 11.8. The highest BCUT2D eigenvalue weighted by Gasteiger charge is 2.11. The predicted molar refractivity (Wildman–Crippen MR) is 58.5 cm³/mol. The average Bonchev–Trinajstić information content (AvgIpc) is 2.16. The van der Waals surface area contributed by atoms with Gasteiger partial charge in [0, 0.05) is 0 Å². The van der Waals surface area contributed by atoms with Crippen LogP contribution in [0.25, 0.3) is 0 Å². The number of benzene rings is 1. The third kappa shape index (κ3) is 2.60. The fourth-order valence-corrected chi connectivity index (χ4v) is 1.74. The van der Waals surface area contributed by atoms with Gasteiger partial charge in [-0.1, -0.05) is 17.7 Å². The molecule has 0 aromatic heterocycles. The summed E-state index contributed by atoms with van der Waals surface area (Å²) in [4.78, 5) is 2.30. The summed E-state index contributed by atoms with van der Waals surface area (Å²) in [5.74, 6) is 0. The highest BCUT2D eigenvalue weighted by molar-refractivity contribution is 7.89. The smallest absolute Gasteiger partial charge is 0.201 e. The van der Waals surface area contributed by atoms with Crippen LogP contribution in [0.1, 0.15) is 5.56 Å². The van der Waals surface area contributed by atoms with Crippen molar-refractivity contribution < 1.29 is 8.42 Å². The standard InChI is InChI=1S/C8H11BN2O2S/c1-7-2-4-8(5-3-7)14(12,13)11-10-6-9/h2-6,11H,9H2,1H3/b10-6+. The van der Waals surface area contributed by atoms with E-state index in [9.17, 15) is 8.42 Å². The van der Waals surface area contributed by atoms with Gasteiger partial charge in [-0.05, 0) is 25.2 Å². The molecule has 74 valence electrons. The maximum absolute atomic E-state index is 11.5. The highest BCUT2D eigenvalue weighted by Crippen LogP contribution is 2.09. The van der Waals surface area contributed by atoms with Gasteiger partial charge in [0.1, 0.15) is 0 Å². The molecule has 0 saturated heterocycles. The zero-order chi connectivity index (χ0) is 10.6. The number of rotatable bonds is 3. The van der Waals surface area contributed by atoms with Crippen LogP contribution in [-0.2, 0) is 10.0 Å². The number of hydrazone groups is 1. The molecule has 0 atom stereocenters. The van der Waals surface area contributed by atoms with Crippen molar-refractivity contribution in [3.63, 3.8) is 0 Å². The maximum Gasteiger partial charge on any atom is 0.276 e. The quantitative estimate of drug-likeness (QED) is 0.428. The van der Waals surface area contributed by atoms with Gasteiger partial charge in [0.2, 0.25) is 0 Å². The Hall–Kier alpha value is -1.30. The van der Waals surface area contributed by atoms with Crippen LogP contribution in [0.3, 0.4) is 0 Å². The molecule has 0 saturated carbocycles. The second-order valence-corrected chi connectivity index (χ2v) is 4.46. The molecule has 0 spiro atoms. The molecule has 0 aliphatic rings. The number of nitrogens with one attached hydrogen (secondary N) is 1. The third-order valence-electron chi connectivity index (χ3n) is 1.63. The van der Waals surface area contributed by atoms with Crippen LogP contribution in [0.2, 0.25) is 0 Å². The SMILES string of the molecule is B/C=N/NS(=O)(=O)c1ccc(C)cc1. The lowest BCUT2D eigenvalue weighted by Gasteiger charge is -2.02. The van der Waals surface area contributed by atoms with Crippen molar-refractivity contribution in [2.75, 3.05) is 0 Å². The monoisotopic (exact) mass is 210 g/mol. The Labute approximate surface area is 84.5 Å². The average molecular weight is 210 g/mol. The van der Waals surface area contributed by atoms with Gasteiger partial charge in [0.05, 0.1) is 4.90 Å². The Bertz CT molecular complexity index is 425. The molecule has 0 aliphatic heterocycles. The molecular weight excluding hydrogens is 199 g/mol. The first kappa shape index (κ1) is 10.8. The van der Waals surface area contributed by atoms with Gasteiger partial charge in [-0.3, -0.25) is 0 Å². The van der Waals surface area contributed by atoms with Gasteiger partial charge < -0.3 is 0 Å². The Balaban J connectivity index is 2.99. The summed E-state index contributed by atoms with van der Waals surface area (Å²) in [6, 6.07) is 6.57. The molecule has 6 heteroatoms. The Morgan fingerprint density at radius 3 is 2.43 bits per heavy atom. The van der Waals surface area contributed by atoms with Gasteiger partial charge in [0.25, 0.3) is 10.0 Å². The Morgan fingerprint density at radius 1 is 1.36 bits per heavy atom. The molecule has 14 heavy (non-hydrogen) atoms. The fraction of sp³-hybridized carbons (Fsp3) is 0.125. The lowest BCUT2D eigenvalue weighted by molar-refractivity contribution is 0.585. The van der Waals surface area contributed by atoms with Crippen LogP contribution in [0.15, 0.2) is 34.3 Å². The van der Waals surface area contributed by atoms with E-state index >= 15 is 0 Å². The molecule has 0 aliphatic carbocycles. The lowest BCUT2D eigenvalue weighted by Crippen LogP contribution is -2.18. The molecule has 0 amide bonds. The summed E-state index contributed by atoms with van der Waals surface area (Å²) in [7, 11) is -1.85. The molecule has 0 fully saturated rings.